The molecule has 0 atom stereocenters. The van der Waals surface area contributed by atoms with Gasteiger partial charge in [-0.3, -0.25) is 0 Å². The Labute approximate surface area is 131 Å². The number of aromatic nitrogens is 1. The molecule has 0 aliphatic heterocycles. The van der Waals surface area contributed by atoms with E-state index in [1.54, 1.807) is 0 Å². The zero-order chi connectivity index (χ0) is 17.3. The Kier molecular flexibility index (Phi) is 4.73. The van der Waals surface area contributed by atoms with Gasteiger partial charge >= 0.3 is 12.6 Å². The van der Waals surface area contributed by atoms with Gasteiger partial charge in [-0.2, -0.15) is 13.2 Å². The van der Waals surface area contributed by atoms with E-state index in [2.05, 4.69) is 14.5 Å². The molecular weight excluding hydrogens is 342 g/mol. The lowest BCUT2D eigenvalue weighted by Gasteiger charge is -2.13. The second kappa shape index (κ2) is 6.41. The summed E-state index contributed by atoms with van der Waals surface area (Å²) < 4.78 is 60.2. The summed E-state index contributed by atoms with van der Waals surface area (Å²) in [7, 11) is 0. The van der Waals surface area contributed by atoms with Gasteiger partial charge in [0, 0.05) is 5.39 Å². The molecule has 0 aliphatic rings. The number of esters is 1. The van der Waals surface area contributed by atoms with Crippen molar-refractivity contribution < 1.29 is 36.9 Å². The minimum absolute atomic E-state index is 0.0252. The Bertz CT molecular complexity index is 837. The first-order valence-corrected chi connectivity index (χ1v) is 6.57. The molecule has 124 valence electrons. The molecule has 0 radical (unpaired) electrons. The van der Waals surface area contributed by atoms with E-state index < -0.39 is 56.8 Å². The van der Waals surface area contributed by atoms with E-state index in [1.165, 1.54) is 6.92 Å². The summed E-state index contributed by atoms with van der Waals surface area (Å²) >= 11 is 4.83. The van der Waals surface area contributed by atoms with E-state index in [0.29, 0.717) is 6.07 Å². The number of aromatic hydroxyl groups is 1. The van der Waals surface area contributed by atoms with Crippen LogP contribution >= 0.6 is 12.2 Å². The van der Waals surface area contributed by atoms with Gasteiger partial charge in [0.05, 0.1) is 12.1 Å². The molecule has 0 amide bonds. The highest BCUT2D eigenvalue weighted by Crippen LogP contribution is 2.37. The third-order valence-electron chi connectivity index (χ3n) is 2.82. The van der Waals surface area contributed by atoms with Crippen molar-refractivity contribution in [2.75, 3.05) is 6.61 Å². The van der Waals surface area contributed by atoms with Crippen molar-refractivity contribution in [3.05, 3.63) is 27.9 Å². The summed E-state index contributed by atoms with van der Waals surface area (Å²) in [6.45, 7) is -1.96. The van der Waals surface area contributed by atoms with Crippen LogP contribution in [0.15, 0.2) is 6.07 Å². The smallest absolute Gasteiger partial charge is 0.387 e. The number of ether oxygens (including phenoxy) is 2. The number of H-pyrrole nitrogens is 1. The second-order valence-electron chi connectivity index (χ2n) is 4.20. The van der Waals surface area contributed by atoms with Gasteiger partial charge in [0.1, 0.15) is 16.0 Å². The van der Waals surface area contributed by atoms with Crippen molar-refractivity contribution >= 4 is 29.1 Å². The number of carbonyl (C=O) groups is 1. The Balaban J connectivity index is 2.84. The molecule has 1 aromatic carbocycles. The molecule has 1 heterocycles. The van der Waals surface area contributed by atoms with Gasteiger partial charge in [-0.25, -0.2) is 9.18 Å². The topological polar surface area (TPSA) is 71.6 Å². The number of hydrogen-bond donors (Lipinski definition) is 2. The SMILES string of the molecule is CCOC(=O)c1c(O)c2cc(F)c(F)c(OC(F)F)c2[nH]c1=S. The molecule has 0 aliphatic carbocycles. The van der Waals surface area contributed by atoms with Crippen molar-refractivity contribution in [3.8, 4) is 11.5 Å². The van der Waals surface area contributed by atoms with E-state index in [4.69, 9.17) is 12.2 Å². The fraction of sp³-hybridized carbons (Fsp3) is 0.231. The first kappa shape index (κ1) is 17.0. The first-order chi connectivity index (χ1) is 10.8. The zero-order valence-electron chi connectivity index (χ0n) is 11.5. The minimum atomic E-state index is -3.44. The monoisotopic (exact) mass is 351 g/mol. The van der Waals surface area contributed by atoms with Crippen LogP contribution in [-0.2, 0) is 4.74 Å². The van der Waals surface area contributed by atoms with Crippen LogP contribution in [0.4, 0.5) is 17.6 Å². The molecule has 0 saturated carbocycles. The van der Waals surface area contributed by atoms with Gasteiger partial charge in [0.25, 0.3) is 0 Å². The van der Waals surface area contributed by atoms with Crippen molar-refractivity contribution in [2.24, 2.45) is 0 Å². The molecule has 0 bridgehead atoms. The summed E-state index contributed by atoms with van der Waals surface area (Å²) in [5.41, 5.74) is -1.01. The number of hydrogen-bond acceptors (Lipinski definition) is 5. The molecule has 1 aromatic heterocycles. The van der Waals surface area contributed by atoms with Crippen LogP contribution < -0.4 is 4.74 Å². The van der Waals surface area contributed by atoms with Crippen LogP contribution in [0, 0.1) is 16.3 Å². The molecule has 0 saturated heterocycles. The van der Waals surface area contributed by atoms with E-state index in [-0.39, 0.29) is 6.61 Å². The fourth-order valence-electron chi connectivity index (χ4n) is 1.92. The lowest BCUT2D eigenvalue weighted by molar-refractivity contribution is -0.0515. The molecule has 2 rings (SSSR count). The second-order valence-corrected chi connectivity index (χ2v) is 4.61. The first-order valence-electron chi connectivity index (χ1n) is 6.16. The summed E-state index contributed by atoms with van der Waals surface area (Å²) in [6.07, 6.45) is 0. The normalized spacial score (nSPS) is 11.0. The third-order valence-corrected chi connectivity index (χ3v) is 3.13. The van der Waals surface area contributed by atoms with E-state index in [1.807, 2.05) is 0 Å². The van der Waals surface area contributed by atoms with Crippen LogP contribution in [0.5, 0.6) is 11.5 Å². The molecule has 23 heavy (non-hydrogen) atoms. The Hall–Kier alpha value is -2.36. The summed E-state index contributed by atoms with van der Waals surface area (Å²) in [6, 6.07) is 0.520. The minimum Gasteiger partial charge on any atom is -0.506 e. The van der Waals surface area contributed by atoms with Gasteiger partial charge in [-0.15, -0.1) is 0 Å². The maximum absolute atomic E-state index is 13.7. The average molecular weight is 351 g/mol. The van der Waals surface area contributed by atoms with E-state index in [0.717, 1.165) is 0 Å². The van der Waals surface area contributed by atoms with Crippen molar-refractivity contribution in [1.82, 2.24) is 4.98 Å². The number of fused-ring (bicyclic) bond motifs is 1. The van der Waals surface area contributed by atoms with Crippen LogP contribution in [0.1, 0.15) is 17.3 Å². The molecule has 2 N–H and O–H groups in total. The molecule has 0 fully saturated rings. The maximum Gasteiger partial charge on any atom is 0.387 e. The van der Waals surface area contributed by atoms with E-state index >= 15 is 0 Å². The van der Waals surface area contributed by atoms with Crippen LogP contribution in [-0.4, -0.2) is 29.3 Å². The predicted octanol–water partition coefficient (Wildman–Crippen LogP) is 3.66. The molecule has 0 unspecified atom stereocenters. The zero-order valence-corrected chi connectivity index (χ0v) is 12.3. The molecule has 2 aromatic rings. The number of aromatic amines is 1. The van der Waals surface area contributed by atoms with Crippen LogP contribution in [0.2, 0.25) is 0 Å². The Morgan fingerprint density at radius 1 is 1.43 bits per heavy atom. The lowest BCUT2D eigenvalue weighted by atomic mass is 10.1. The number of carbonyl (C=O) groups excluding carboxylic acids is 1. The Morgan fingerprint density at radius 2 is 2.09 bits per heavy atom. The largest absolute Gasteiger partial charge is 0.506 e. The van der Waals surface area contributed by atoms with Crippen LogP contribution in [0.25, 0.3) is 10.9 Å². The molecule has 5 nitrogen and oxygen atoms in total. The fourth-order valence-corrected chi connectivity index (χ4v) is 2.21. The van der Waals surface area contributed by atoms with Crippen LogP contribution in [0.3, 0.4) is 0 Å². The molecular formula is C13H9F4NO4S. The van der Waals surface area contributed by atoms with Crippen molar-refractivity contribution in [3.63, 3.8) is 0 Å². The average Bonchev–Trinajstić information content (AvgIpc) is 2.45. The molecule has 10 heteroatoms. The standard InChI is InChI=1S/C13H9F4NO4S/c1-2-21-12(20)6-9(19)4-3-5(14)7(15)10(22-13(16)17)8(4)18-11(6)23/h3,13H,2H2,1H3,(H2,18,19,23). The lowest BCUT2D eigenvalue weighted by Crippen LogP contribution is -2.09. The summed E-state index contributed by atoms with van der Waals surface area (Å²) in [4.78, 5) is 14.0. The van der Waals surface area contributed by atoms with Gasteiger partial charge < -0.3 is 19.6 Å². The van der Waals surface area contributed by atoms with Gasteiger partial charge in [-0.05, 0) is 13.0 Å². The van der Waals surface area contributed by atoms with Crippen molar-refractivity contribution in [2.45, 2.75) is 13.5 Å². The highest BCUT2D eigenvalue weighted by Gasteiger charge is 2.25. The van der Waals surface area contributed by atoms with Gasteiger partial charge in [0.15, 0.2) is 11.6 Å². The number of benzene rings is 1. The number of alkyl halides is 2. The van der Waals surface area contributed by atoms with Crippen molar-refractivity contribution in [1.29, 1.82) is 0 Å². The number of rotatable bonds is 4. The van der Waals surface area contributed by atoms with Gasteiger partial charge in [0.2, 0.25) is 5.82 Å². The highest BCUT2D eigenvalue weighted by molar-refractivity contribution is 7.71. The summed E-state index contributed by atoms with van der Waals surface area (Å²) in [5, 5.41) is 9.62. The highest BCUT2D eigenvalue weighted by atomic mass is 32.1. The number of nitrogens with one attached hydrogen (secondary N) is 1. The van der Waals surface area contributed by atoms with Gasteiger partial charge in [-0.1, -0.05) is 12.2 Å². The molecule has 0 spiro atoms. The quantitative estimate of drug-likeness (QED) is 0.500. The maximum atomic E-state index is 13.7. The number of pyridine rings is 1. The number of halogens is 4. The predicted molar refractivity (Wildman–Crippen MR) is 73.3 cm³/mol. The third kappa shape index (κ3) is 3.07. The van der Waals surface area contributed by atoms with E-state index in [9.17, 15) is 27.5 Å². The Morgan fingerprint density at radius 3 is 2.65 bits per heavy atom. The summed E-state index contributed by atoms with van der Waals surface area (Å²) in [5.74, 6) is -6.24.